The van der Waals surface area contributed by atoms with Crippen molar-refractivity contribution in [1.29, 1.82) is 0 Å². The van der Waals surface area contributed by atoms with Crippen LogP contribution in [0.2, 0.25) is 0 Å². The van der Waals surface area contributed by atoms with Crippen molar-refractivity contribution in [3.8, 4) is 0 Å². The summed E-state index contributed by atoms with van der Waals surface area (Å²) in [5.74, 6) is -0.211. The minimum atomic E-state index is -1.99. The van der Waals surface area contributed by atoms with E-state index in [9.17, 15) is 4.79 Å². The molecule has 2 unspecified atom stereocenters. The lowest BCUT2D eigenvalue weighted by molar-refractivity contribution is -0.128. The molecule has 0 spiro atoms. The Morgan fingerprint density at radius 2 is 1.55 bits per heavy atom. The van der Waals surface area contributed by atoms with Gasteiger partial charge in [-0.25, -0.2) is 0 Å². The van der Waals surface area contributed by atoms with Crippen molar-refractivity contribution in [2.75, 3.05) is 0 Å². The van der Waals surface area contributed by atoms with Crippen LogP contribution in [0.15, 0.2) is 0 Å². The van der Waals surface area contributed by atoms with Gasteiger partial charge in [0.2, 0.25) is 3.79 Å². The number of carbonyl (C=O) groups is 1. The summed E-state index contributed by atoms with van der Waals surface area (Å²) < 4.78 is -3.83. The van der Waals surface area contributed by atoms with Gasteiger partial charge in [0.15, 0.2) is 4.33 Å². The van der Waals surface area contributed by atoms with Gasteiger partial charge in [-0.05, 0) is 26.2 Å². The van der Waals surface area contributed by atoms with Gasteiger partial charge in [0.05, 0.1) is 5.41 Å². The Morgan fingerprint density at radius 1 is 1.05 bits per heavy atom. The highest BCUT2D eigenvalue weighted by Crippen LogP contribution is 2.60. The number of ketones is 1. The molecule has 0 aromatic heterocycles. The topological polar surface area (TPSA) is 17.1 Å². The molecule has 0 radical (unpaired) electrons. The maximum atomic E-state index is 12.3. The number of Topliss-reactive ketones (excluding diaryl/α,β-unsaturated/α-hetero) is 1. The van der Waals surface area contributed by atoms with Gasteiger partial charge in [0.1, 0.15) is 5.78 Å². The molecule has 0 amide bonds. The standard InChI is InChI=1S/C13H20Cl6O/c1-4-6-10(14)8-11(7-5-2,9(3)20)12(15,16)13(17,18)19/h10H,4-8H2,1-3H3. The highest BCUT2D eigenvalue weighted by atomic mass is 35.6. The lowest BCUT2D eigenvalue weighted by atomic mass is 9.72. The summed E-state index contributed by atoms with van der Waals surface area (Å²) in [6.07, 6.45) is 3.00. The Morgan fingerprint density at radius 3 is 1.85 bits per heavy atom. The fraction of sp³-hybridized carbons (Fsp3) is 0.923. The van der Waals surface area contributed by atoms with Crippen LogP contribution in [-0.2, 0) is 4.79 Å². The minimum absolute atomic E-state index is 0.211. The van der Waals surface area contributed by atoms with Gasteiger partial charge in [0.25, 0.3) is 0 Å². The molecule has 0 aromatic carbocycles. The summed E-state index contributed by atoms with van der Waals surface area (Å²) in [5.41, 5.74) is -1.18. The van der Waals surface area contributed by atoms with Gasteiger partial charge in [-0.2, -0.15) is 0 Å². The molecular formula is C13H20Cl6O. The molecule has 0 fully saturated rings. The van der Waals surface area contributed by atoms with Crippen molar-refractivity contribution in [1.82, 2.24) is 0 Å². The van der Waals surface area contributed by atoms with Crippen molar-refractivity contribution in [2.24, 2.45) is 5.41 Å². The number of carbonyl (C=O) groups excluding carboxylic acids is 1. The monoisotopic (exact) mass is 402 g/mol. The average Bonchev–Trinajstić information content (AvgIpc) is 2.26. The van der Waals surface area contributed by atoms with Crippen LogP contribution in [0, 0.1) is 5.41 Å². The summed E-state index contributed by atoms with van der Waals surface area (Å²) in [4.78, 5) is 12.3. The Balaban J connectivity index is 5.72. The molecule has 0 saturated heterocycles. The number of alkyl halides is 6. The fourth-order valence-corrected chi connectivity index (χ4v) is 4.05. The maximum absolute atomic E-state index is 12.3. The van der Waals surface area contributed by atoms with E-state index in [0.717, 1.165) is 12.8 Å². The van der Waals surface area contributed by atoms with Crippen LogP contribution in [0.3, 0.4) is 0 Å². The van der Waals surface area contributed by atoms with Crippen LogP contribution in [-0.4, -0.2) is 19.3 Å². The molecule has 0 aliphatic heterocycles. The molecule has 120 valence electrons. The van der Waals surface area contributed by atoms with E-state index < -0.39 is 13.5 Å². The zero-order chi connectivity index (χ0) is 16.2. The summed E-state index contributed by atoms with van der Waals surface area (Å²) in [6.45, 7) is 5.35. The van der Waals surface area contributed by atoms with Crippen molar-refractivity contribution in [3.63, 3.8) is 0 Å². The van der Waals surface area contributed by atoms with E-state index in [1.54, 1.807) is 0 Å². The maximum Gasteiger partial charge on any atom is 0.224 e. The lowest BCUT2D eigenvalue weighted by Gasteiger charge is -2.45. The molecule has 0 aliphatic rings. The molecule has 7 heteroatoms. The minimum Gasteiger partial charge on any atom is -0.299 e. The van der Waals surface area contributed by atoms with E-state index in [1.807, 2.05) is 13.8 Å². The quantitative estimate of drug-likeness (QED) is 0.411. The third-order valence-electron chi connectivity index (χ3n) is 3.48. The molecule has 0 heterocycles. The molecule has 20 heavy (non-hydrogen) atoms. The number of hydrogen-bond donors (Lipinski definition) is 0. The molecule has 0 bridgehead atoms. The molecule has 0 saturated carbocycles. The first-order valence-electron chi connectivity index (χ1n) is 6.56. The van der Waals surface area contributed by atoms with Crippen LogP contribution < -0.4 is 0 Å². The van der Waals surface area contributed by atoms with E-state index >= 15 is 0 Å². The Hall–Kier alpha value is 1.41. The van der Waals surface area contributed by atoms with Crippen molar-refractivity contribution in [3.05, 3.63) is 0 Å². The fourth-order valence-electron chi connectivity index (χ4n) is 2.42. The van der Waals surface area contributed by atoms with Crippen molar-refractivity contribution >= 4 is 75.4 Å². The second-order valence-electron chi connectivity index (χ2n) is 5.05. The van der Waals surface area contributed by atoms with Gasteiger partial charge in [-0.3, -0.25) is 4.79 Å². The van der Waals surface area contributed by atoms with Gasteiger partial charge >= 0.3 is 0 Å². The molecular weight excluding hydrogens is 385 g/mol. The molecule has 0 aromatic rings. The Labute approximate surface area is 151 Å². The van der Waals surface area contributed by atoms with Gasteiger partial charge in [-0.15, -0.1) is 11.6 Å². The predicted octanol–water partition coefficient (Wildman–Crippen LogP) is 6.70. The summed E-state index contributed by atoms with van der Waals surface area (Å²) in [7, 11) is 0. The van der Waals surface area contributed by atoms with Gasteiger partial charge < -0.3 is 0 Å². The normalized spacial score (nSPS) is 17.6. The average molecular weight is 405 g/mol. The van der Waals surface area contributed by atoms with E-state index in [-0.39, 0.29) is 17.6 Å². The third-order valence-corrected chi connectivity index (χ3v) is 6.57. The zero-order valence-electron chi connectivity index (χ0n) is 11.8. The third kappa shape index (κ3) is 4.70. The number of halogens is 6. The van der Waals surface area contributed by atoms with Crippen molar-refractivity contribution < 1.29 is 4.79 Å². The van der Waals surface area contributed by atoms with E-state index in [2.05, 4.69) is 0 Å². The summed E-state index contributed by atoms with van der Waals surface area (Å²) >= 11 is 36.8. The van der Waals surface area contributed by atoms with Crippen LogP contribution in [0.1, 0.15) is 52.9 Å². The first kappa shape index (κ1) is 21.4. The number of hydrogen-bond acceptors (Lipinski definition) is 1. The summed E-state index contributed by atoms with van der Waals surface area (Å²) in [6, 6.07) is 0. The molecule has 0 rings (SSSR count). The Kier molecular flexibility index (Phi) is 8.90. The first-order valence-corrected chi connectivity index (χ1v) is 8.88. The first-order chi connectivity index (χ1) is 8.96. The number of rotatable bonds is 8. The van der Waals surface area contributed by atoms with Crippen LogP contribution in [0.25, 0.3) is 0 Å². The second kappa shape index (κ2) is 8.31. The largest absolute Gasteiger partial charge is 0.299 e. The van der Waals surface area contributed by atoms with E-state index in [1.165, 1.54) is 6.92 Å². The van der Waals surface area contributed by atoms with E-state index in [4.69, 9.17) is 69.6 Å². The predicted molar refractivity (Wildman–Crippen MR) is 91.9 cm³/mol. The smallest absolute Gasteiger partial charge is 0.224 e. The SMILES string of the molecule is CCCC(Cl)CC(CCC)(C(C)=O)C(Cl)(Cl)C(Cl)(Cl)Cl. The summed E-state index contributed by atoms with van der Waals surface area (Å²) in [5, 5.41) is -0.250. The second-order valence-corrected chi connectivity index (χ2v) is 9.28. The van der Waals surface area contributed by atoms with Crippen LogP contribution >= 0.6 is 69.6 Å². The molecule has 0 N–H and O–H groups in total. The molecule has 2 atom stereocenters. The highest BCUT2D eigenvalue weighted by molar-refractivity contribution is 6.76. The lowest BCUT2D eigenvalue weighted by Crippen LogP contribution is -2.53. The Bertz CT molecular complexity index is 325. The van der Waals surface area contributed by atoms with Gasteiger partial charge in [-0.1, -0.05) is 84.7 Å². The van der Waals surface area contributed by atoms with Crippen molar-refractivity contribution in [2.45, 2.75) is 66.4 Å². The van der Waals surface area contributed by atoms with Crippen LogP contribution in [0.5, 0.6) is 0 Å². The molecule has 1 nitrogen and oxygen atoms in total. The molecule has 0 aliphatic carbocycles. The van der Waals surface area contributed by atoms with Crippen LogP contribution in [0.4, 0.5) is 0 Å². The zero-order valence-corrected chi connectivity index (χ0v) is 16.3. The van der Waals surface area contributed by atoms with Gasteiger partial charge in [0, 0.05) is 5.38 Å². The highest BCUT2D eigenvalue weighted by Gasteiger charge is 2.62. The van der Waals surface area contributed by atoms with E-state index in [0.29, 0.717) is 12.8 Å².